The van der Waals surface area contributed by atoms with Gasteiger partial charge in [0.15, 0.2) is 0 Å². The number of rotatable bonds is 3. The number of sulfonamides is 1. The standard InChI is InChI=1S/C19H15N3O2S/c1-13-11-15-6-3-9-17(19(15)21-12-13)25(23,24)22-16-8-2-5-14-7-4-10-20-18(14)16/h2-12,22H,1H3. The highest BCUT2D eigenvalue weighted by molar-refractivity contribution is 7.93. The van der Waals surface area contributed by atoms with Crippen LogP contribution in [0.4, 0.5) is 5.69 Å². The molecule has 0 bridgehead atoms. The van der Waals surface area contributed by atoms with E-state index in [-0.39, 0.29) is 4.90 Å². The summed E-state index contributed by atoms with van der Waals surface area (Å²) in [4.78, 5) is 8.76. The molecule has 1 N–H and O–H groups in total. The summed E-state index contributed by atoms with van der Waals surface area (Å²) >= 11 is 0. The number of hydrogen-bond acceptors (Lipinski definition) is 4. The zero-order valence-electron chi connectivity index (χ0n) is 13.5. The summed E-state index contributed by atoms with van der Waals surface area (Å²) in [5.41, 5.74) is 2.49. The molecule has 2 heterocycles. The molecule has 5 nitrogen and oxygen atoms in total. The van der Waals surface area contributed by atoms with Crippen LogP contribution in [0.1, 0.15) is 5.56 Å². The Balaban J connectivity index is 1.85. The average molecular weight is 349 g/mol. The summed E-state index contributed by atoms with van der Waals surface area (Å²) in [5, 5.41) is 1.66. The summed E-state index contributed by atoms with van der Waals surface area (Å²) in [6, 6.07) is 16.2. The minimum atomic E-state index is -3.80. The van der Waals surface area contributed by atoms with Crippen molar-refractivity contribution < 1.29 is 8.42 Å². The lowest BCUT2D eigenvalue weighted by atomic mass is 10.2. The second-order valence-corrected chi connectivity index (χ2v) is 7.48. The summed E-state index contributed by atoms with van der Waals surface area (Å²) in [6.45, 7) is 1.92. The average Bonchev–Trinajstić information content (AvgIpc) is 2.61. The second kappa shape index (κ2) is 5.82. The number of pyridine rings is 2. The summed E-state index contributed by atoms with van der Waals surface area (Å²) < 4.78 is 28.6. The smallest absolute Gasteiger partial charge is 0.264 e. The molecule has 4 rings (SSSR count). The van der Waals surface area contributed by atoms with Gasteiger partial charge >= 0.3 is 0 Å². The van der Waals surface area contributed by atoms with Crippen LogP contribution >= 0.6 is 0 Å². The molecule has 0 radical (unpaired) electrons. The maximum atomic E-state index is 13.0. The quantitative estimate of drug-likeness (QED) is 0.609. The van der Waals surface area contributed by atoms with Crippen LogP contribution in [0.15, 0.2) is 71.9 Å². The van der Waals surface area contributed by atoms with Gasteiger partial charge in [0, 0.05) is 23.2 Å². The van der Waals surface area contributed by atoms with Crippen LogP contribution in [0.5, 0.6) is 0 Å². The first-order valence-electron chi connectivity index (χ1n) is 7.76. The molecule has 0 aliphatic rings. The molecule has 4 aromatic rings. The SMILES string of the molecule is Cc1cnc2c(S(=O)(=O)Nc3cccc4cccnc34)cccc2c1. The van der Waals surface area contributed by atoms with Crippen LogP contribution in [0.25, 0.3) is 21.8 Å². The normalized spacial score (nSPS) is 11.7. The highest BCUT2D eigenvalue weighted by Crippen LogP contribution is 2.27. The number of aromatic nitrogens is 2. The number of hydrogen-bond donors (Lipinski definition) is 1. The van der Waals surface area contributed by atoms with Crippen LogP contribution < -0.4 is 4.72 Å². The van der Waals surface area contributed by atoms with E-state index in [2.05, 4.69) is 14.7 Å². The third-order valence-corrected chi connectivity index (χ3v) is 5.37. The molecule has 0 spiro atoms. The van der Waals surface area contributed by atoms with Gasteiger partial charge in [-0.3, -0.25) is 14.7 Å². The molecule has 25 heavy (non-hydrogen) atoms. The number of fused-ring (bicyclic) bond motifs is 2. The minimum Gasteiger partial charge on any atom is -0.277 e. The summed E-state index contributed by atoms with van der Waals surface area (Å²) in [5.74, 6) is 0. The lowest BCUT2D eigenvalue weighted by Gasteiger charge is -2.11. The van der Waals surface area contributed by atoms with Crippen molar-refractivity contribution in [2.75, 3.05) is 4.72 Å². The van der Waals surface area contributed by atoms with E-state index in [1.807, 2.05) is 37.3 Å². The van der Waals surface area contributed by atoms with Crippen LogP contribution in [0.2, 0.25) is 0 Å². The van der Waals surface area contributed by atoms with Gasteiger partial charge in [0.25, 0.3) is 10.0 Å². The van der Waals surface area contributed by atoms with E-state index in [0.29, 0.717) is 16.7 Å². The van der Waals surface area contributed by atoms with Crippen molar-refractivity contribution in [1.29, 1.82) is 0 Å². The Labute approximate surface area is 145 Å². The highest BCUT2D eigenvalue weighted by atomic mass is 32.2. The van der Waals surface area contributed by atoms with Crippen molar-refractivity contribution in [3.8, 4) is 0 Å². The fourth-order valence-electron chi connectivity index (χ4n) is 2.85. The minimum absolute atomic E-state index is 0.151. The highest BCUT2D eigenvalue weighted by Gasteiger charge is 2.19. The largest absolute Gasteiger partial charge is 0.277 e. The molecule has 0 saturated carbocycles. The Morgan fingerprint density at radius 2 is 1.64 bits per heavy atom. The number of anilines is 1. The molecule has 0 atom stereocenters. The van der Waals surface area contributed by atoms with Crippen molar-refractivity contribution in [2.45, 2.75) is 11.8 Å². The van der Waals surface area contributed by atoms with Gasteiger partial charge in [-0.25, -0.2) is 8.42 Å². The Hall–Kier alpha value is -2.99. The lowest BCUT2D eigenvalue weighted by Crippen LogP contribution is -2.14. The number of benzene rings is 2. The molecule has 0 amide bonds. The molecular formula is C19H15N3O2S. The Bertz CT molecular complexity index is 1200. The Morgan fingerprint density at radius 1 is 0.880 bits per heavy atom. The van der Waals surface area contributed by atoms with Crippen molar-refractivity contribution in [3.05, 3.63) is 72.6 Å². The van der Waals surface area contributed by atoms with Gasteiger partial charge in [-0.15, -0.1) is 0 Å². The van der Waals surface area contributed by atoms with Crippen LogP contribution in [0.3, 0.4) is 0 Å². The van der Waals surface area contributed by atoms with E-state index in [0.717, 1.165) is 16.3 Å². The molecule has 0 unspecified atom stereocenters. The molecule has 124 valence electrons. The van der Waals surface area contributed by atoms with Gasteiger partial charge in [-0.2, -0.15) is 0 Å². The molecule has 2 aromatic carbocycles. The predicted molar refractivity (Wildman–Crippen MR) is 99.0 cm³/mol. The summed E-state index contributed by atoms with van der Waals surface area (Å²) in [7, 11) is -3.80. The van der Waals surface area contributed by atoms with E-state index < -0.39 is 10.0 Å². The van der Waals surface area contributed by atoms with E-state index in [1.165, 1.54) is 0 Å². The first kappa shape index (κ1) is 15.5. The fraction of sp³-hybridized carbons (Fsp3) is 0.0526. The number of aryl methyl sites for hydroxylation is 1. The maximum Gasteiger partial charge on any atom is 0.264 e. The van der Waals surface area contributed by atoms with Crippen molar-refractivity contribution >= 4 is 37.5 Å². The van der Waals surface area contributed by atoms with Crippen LogP contribution in [-0.2, 0) is 10.0 Å². The fourth-order valence-corrected chi connectivity index (χ4v) is 4.09. The lowest BCUT2D eigenvalue weighted by molar-refractivity contribution is 0.602. The van der Waals surface area contributed by atoms with Gasteiger partial charge in [-0.05, 0) is 36.8 Å². The molecular weight excluding hydrogens is 334 g/mol. The Morgan fingerprint density at radius 3 is 2.52 bits per heavy atom. The third-order valence-electron chi connectivity index (χ3n) is 3.98. The van der Waals surface area contributed by atoms with Gasteiger partial charge in [0.2, 0.25) is 0 Å². The summed E-state index contributed by atoms with van der Waals surface area (Å²) in [6.07, 6.45) is 3.31. The van der Waals surface area contributed by atoms with E-state index in [1.54, 1.807) is 36.7 Å². The molecule has 0 aliphatic carbocycles. The maximum absolute atomic E-state index is 13.0. The first-order chi connectivity index (χ1) is 12.0. The molecule has 2 aromatic heterocycles. The van der Waals surface area contributed by atoms with Gasteiger partial charge in [0.1, 0.15) is 4.90 Å². The van der Waals surface area contributed by atoms with Crippen molar-refractivity contribution in [1.82, 2.24) is 9.97 Å². The van der Waals surface area contributed by atoms with Crippen molar-refractivity contribution in [2.24, 2.45) is 0 Å². The van der Waals surface area contributed by atoms with Gasteiger partial charge < -0.3 is 0 Å². The van der Waals surface area contributed by atoms with Gasteiger partial charge in [0.05, 0.1) is 16.7 Å². The number of para-hydroxylation sites is 2. The molecule has 0 fully saturated rings. The molecule has 0 aliphatic heterocycles. The zero-order valence-corrected chi connectivity index (χ0v) is 14.3. The zero-order chi connectivity index (χ0) is 17.4. The Kier molecular flexibility index (Phi) is 3.62. The number of nitrogens with zero attached hydrogens (tertiary/aromatic N) is 2. The molecule has 0 saturated heterocycles. The van der Waals surface area contributed by atoms with Gasteiger partial charge in [-0.1, -0.05) is 30.3 Å². The van der Waals surface area contributed by atoms with E-state index in [4.69, 9.17) is 0 Å². The third kappa shape index (κ3) is 2.81. The monoisotopic (exact) mass is 349 g/mol. The number of nitrogens with one attached hydrogen (secondary N) is 1. The topological polar surface area (TPSA) is 72.0 Å². The van der Waals surface area contributed by atoms with Crippen LogP contribution in [-0.4, -0.2) is 18.4 Å². The second-order valence-electron chi connectivity index (χ2n) is 5.83. The first-order valence-corrected chi connectivity index (χ1v) is 9.25. The predicted octanol–water partition coefficient (Wildman–Crippen LogP) is 3.89. The van der Waals surface area contributed by atoms with Crippen molar-refractivity contribution in [3.63, 3.8) is 0 Å². The van der Waals surface area contributed by atoms with E-state index >= 15 is 0 Å². The van der Waals surface area contributed by atoms with Crippen LogP contribution in [0, 0.1) is 6.92 Å². The molecule has 6 heteroatoms. The van der Waals surface area contributed by atoms with E-state index in [9.17, 15) is 8.42 Å².